The van der Waals surface area contributed by atoms with E-state index in [-0.39, 0.29) is 18.0 Å². The molecular weight excluding hydrogens is 416 g/mol. The van der Waals surface area contributed by atoms with Crippen LogP contribution in [-0.2, 0) is 17.8 Å². The fourth-order valence-electron chi connectivity index (χ4n) is 4.31. The number of aliphatic carboxylic acids is 1. The topological polar surface area (TPSA) is 70.1 Å². The van der Waals surface area contributed by atoms with Crippen molar-refractivity contribution in [1.82, 2.24) is 9.80 Å². The molecule has 6 nitrogen and oxygen atoms in total. The standard InChI is InChI=1S/C27H36N2O4/c1-4-15-29-24(19-28(27(29)32)18-22-8-6-20(3)7-9-22)14-16-33-25-12-10-21(11-13-25)17-23(5-2)26(30)31/h6-13,23-24H,4-5,14-19H2,1-3H3,(H,30,31). The van der Waals surface area contributed by atoms with Gasteiger partial charge >= 0.3 is 12.0 Å². The van der Waals surface area contributed by atoms with Gasteiger partial charge in [-0.15, -0.1) is 0 Å². The molecule has 3 rings (SSSR count). The van der Waals surface area contributed by atoms with Gasteiger partial charge in [0.1, 0.15) is 5.75 Å². The Morgan fingerprint density at radius 2 is 1.76 bits per heavy atom. The van der Waals surface area contributed by atoms with Gasteiger partial charge in [0.2, 0.25) is 0 Å². The van der Waals surface area contributed by atoms with Crippen molar-refractivity contribution in [3.05, 3.63) is 65.2 Å². The van der Waals surface area contributed by atoms with Crippen LogP contribution in [0.4, 0.5) is 4.79 Å². The molecule has 0 radical (unpaired) electrons. The lowest BCUT2D eigenvalue weighted by Crippen LogP contribution is -2.36. The lowest BCUT2D eigenvalue weighted by atomic mass is 9.97. The molecular formula is C27H36N2O4. The molecule has 0 aromatic heterocycles. The van der Waals surface area contributed by atoms with E-state index in [0.29, 0.717) is 32.5 Å². The summed E-state index contributed by atoms with van der Waals surface area (Å²) in [7, 11) is 0. The summed E-state index contributed by atoms with van der Waals surface area (Å²) in [6.45, 7) is 8.69. The zero-order valence-electron chi connectivity index (χ0n) is 20.0. The highest BCUT2D eigenvalue weighted by Gasteiger charge is 2.36. The average molecular weight is 453 g/mol. The molecule has 0 aliphatic carbocycles. The summed E-state index contributed by atoms with van der Waals surface area (Å²) in [4.78, 5) is 28.1. The minimum absolute atomic E-state index is 0.107. The first kappa shape index (κ1) is 24.6. The third-order valence-electron chi connectivity index (χ3n) is 6.31. The molecule has 2 unspecified atom stereocenters. The molecule has 0 spiro atoms. The lowest BCUT2D eigenvalue weighted by molar-refractivity contribution is -0.141. The molecule has 1 N–H and O–H groups in total. The Bertz CT molecular complexity index is 911. The molecule has 33 heavy (non-hydrogen) atoms. The number of aryl methyl sites for hydroxylation is 1. The molecule has 1 saturated heterocycles. The van der Waals surface area contributed by atoms with Crippen molar-refractivity contribution < 1.29 is 19.4 Å². The molecule has 0 saturated carbocycles. The Morgan fingerprint density at radius 1 is 1.09 bits per heavy atom. The summed E-state index contributed by atoms with van der Waals surface area (Å²) in [5.41, 5.74) is 3.36. The van der Waals surface area contributed by atoms with Crippen LogP contribution in [-0.4, -0.2) is 52.6 Å². The highest BCUT2D eigenvalue weighted by Crippen LogP contribution is 2.23. The van der Waals surface area contributed by atoms with E-state index < -0.39 is 5.97 Å². The molecule has 1 aliphatic rings. The Morgan fingerprint density at radius 3 is 2.36 bits per heavy atom. The molecule has 1 fully saturated rings. The van der Waals surface area contributed by atoms with Crippen LogP contribution in [0, 0.1) is 12.8 Å². The van der Waals surface area contributed by atoms with Gasteiger partial charge in [-0.05, 0) is 49.4 Å². The van der Waals surface area contributed by atoms with Crippen LogP contribution >= 0.6 is 0 Å². The zero-order valence-corrected chi connectivity index (χ0v) is 20.0. The largest absolute Gasteiger partial charge is 0.494 e. The van der Waals surface area contributed by atoms with Gasteiger partial charge in [0.15, 0.2) is 0 Å². The molecule has 2 atom stereocenters. The maximum absolute atomic E-state index is 13.0. The number of benzene rings is 2. The number of carboxylic acid groups (broad SMARTS) is 1. The maximum Gasteiger partial charge on any atom is 0.320 e. The van der Waals surface area contributed by atoms with E-state index in [9.17, 15) is 14.7 Å². The van der Waals surface area contributed by atoms with Crippen LogP contribution in [0.1, 0.15) is 49.8 Å². The minimum atomic E-state index is -0.753. The van der Waals surface area contributed by atoms with Crippen LogP contribution in [0.5, 0.6) is 5.75 Å². The van der Waals surface area contributed by atoms with Crippen molar-refractivity contribution in [2.75, 3.05) is 19.7 Å². The number of amides is 2. The van der Waals surface area contributed by atoms with E-state index in [2.05, 4.69) is 38.1 Å². The number of urea groups is 1. The summed E-state index contributed by atoms with van der Waals surface area (Å²) < 4.78 is 5.96. The van der Waals surface area contributed by atoms with E-state index in [1.54, 1.807) is 0 Å². The zero-order chi connectivity index (χ0) is 23.8. The number of rotatable bonds is 12. The molecule has 1 heterocycles. The maximum atomic E-state index is 13.0. The normalized spacial score (nSPS) is 16.8. The fourth-order valence-corrected chi connectivity index (χ4v) is 4.31. The second kappa shape index (κ2) is 11.7. The van der Waals surface area contributed by atoms with E-state index >= 15 is 0 Å². The highest BCUT2D eigenvalue weighted by molar-refractivity contribution is 5.77. The van der Waals surface area contributed by atoms with Gasteiger partial charge in [-0.1, -0.05) is 55.8 Å². The lowest BCUT2D eigenvalue weighted by Gasteiger charge is -2.22. The molecule has 6 heteroatoms. The third kappa shape index (κ3) is 6.73. The quantitative estimate of drug-likeness (QED) is 0.484. The van der Waals surface area contributed by atoms with Gasteiger partial charge in [-0.25, -0.2) is 4.79 Å². The molecule has 2 aromatic rings. The highest BCUT2D eigenvalue weighted by atomic mass is 16.5. The molecule has 2 aromatic carbocycles. The van der Waals surface area contributed by atoms with Gasteiger partial charge in [0.25, 0.3) is 0 Å². The van der Waals surface area contributed by atoms with Gasteiger partial charge in [0.05, 0.1) is 18.6 Å². The predicted octanol–water partition coefficient (Wildman–Crippen LogP) is 5.13. The molecule has 178 valence electrons. The van der Waals surface area contributed by atoms with Gasteiger partial charge in [-0.3, -0.25) is 4.79 Å². The van der Waals surface area contributed by atoms with Gasteiger partial charge in [-0.2, -0.15) is 0 Å². The summed E-state index contributed by atoms with van der Waals surface area (Å²) in [5, 5.41) is 9.24. The van der Waals surface area contributed by atoms with E-state index in [1.807, 2.05) is 41.0 Å². The molecule has 0 bridgehead atoms. The summed E-state index contributed by atoms with van der Waals surface area (Å²) in [5.74, 6) is -0.342. The first-order valence-corrected chi connectivity index (χ1v) is 12.0. The molecule has 2 amide bonds. The first-order valence-electron chi connectivity index (χ1n) is 12.0. The van der Waals surface area contributed by atoms with Crippen LogP contribution in [0.25, 0.3) is 0 Å². The Labute approximate surface area is 197 Å². The van der Waals surface area contributed by atoms with Crippen molar-refractivity contribution >= 4 is 12.0 Å². The van der Waals surface area contributed by atoms with Crippen molar-refractivity contribution in [1.29, 1.82) is 0 Å². The monoisotopic (exact) mass is 452 g/mol. The van der Waals surface area contributed by atoms with Crippen molar-refractivity contribution in [3.8, 4) is 5.75 Å². The Kier molecular flexibility index (Phi) is 8.75. The number of ether oxygens (including phenoxy) is 1. The number of hydrogen-bond acceptors (Lipinski definition) is 3. The van der Waals surface area contributed by atoms with Crippen LogP contribution < -0.4 is 4.74 Å². The van der Waals surface area contributed by atoms with Crippen molar-refractivity contribution in [3.63, 3.8) is 0 Å². The Balaban J connectivity index is 1.53. The first-order chi connectivity index (χ1) is 15.9. The number of carboxylic acids is 1. The van der Waals surface area contributed by atoms with Crippen LogP contribution in [0.2, 0.25) is 0 Å². The minimum Gasteiger partial charge on any atom is -0.494 e. The average Bonchev–Trinajstić information content (AvgIpc) is 3.09. The third-order valence-corrected chi connectivity index (χ3v) is 6.31. The summed E-state index contributed by atoms with van der Waals surface area (Å²) in [6.07, 6.45) is 2.84. The molecule has 1 aliphatic heterocycles. The van der Waals surface area contributed by atoms with E-state index in [0.717, 1.165) is 36.3 Å². The number of carbonyl (C=O) groups is 2. The van der Waals surface area contributed by atoms with Gasteiger partial charge in [0, 0.05) is 26.1 Å². The predicted molar refractivity (Wildman–Crippen MR) is 129 cm³/mol. The fraction of sp³-hybridized carbons (Fsp3) is 0.481. The number of nitrogens with zero attached hydrogens (tertiary/aromatic N) is 2. The van der Waals surface area contributed by atoms with Crippen molar-refractivity contribution in [2.45, 2.75) is 59.0 Å². The summed E-state index contributed by atoms with van der Waals surface area (Å²) in [6, 6.07) is 16.3. The summed E-state index contributed by atoms with van der Waals surface area (Å²) >= 11 is 0. The van der Waals surface area contributed by atoms with Crippen LogP contribution in [0.3, 0.4) is 0 Å². The van der Waals surface area contributed by atoms with E-state index in [1.165, 1.54) is 5.56 Å². The van der Waals surface area contributed by atoms with Gasteiger partial charge < -0.3 is 19.6 Å². The van der Waals surface area contributed by atoms with Crippen LogP contribution in [0.15, 0.2) is 48.5 Å². The van der Waals surface area contributed by atoms with E-state index in [4.69, 9.17) is 4.74 Å². The number of carbonyl (C=O) groups excluding carboxylic acids is 1. The second-order valence-electron chi connectivity index (χ2n) is 8.92. The SMILES string of the molecule is CCCN1C(=O)N(Cc2ccc(C)cc2)CC1CCOc1ccc(CC(CC)C(=O)O)cc1. The van der Waals surface area contributed by atoms with Crippen molar-refractivity contribution in [2.24, 2.45) is 5.92 Å². The Hall–Kier alpha value is -3.02. The second-order valence-corrected chi connectivity index (χ2v) is 8.92. The smallest absolute Gasteiger partial charge is 0.320 e. The number of hydrogen-bond donors (Lipinski definition) is 1.